The van der Waals surface area contributed by atoms with Crippen LogP contribution < -0.4 is 0 Å². The van der Waals surface area contributed by atoms with Gasteiger partial charge in [-0.15, -0.1) is 0 Å². The molecule has 0 aliphatic carbocycles. The van der Waals surface area contributed by atoms with Gasteiger partial charge >= 0.3 is 5.97 Å². The van der Waals surface area contributed by atoms with Crippen molar-refractivity contribution in [2.24, 2.45) is 0 Å². The normalized spacial score (nSPS) is 10.4. The van der Waals surface area contributed by atoms with E-state index in [1.807, 2.05) is 0 Å². The molecule has 0 saturated carbocycles. The molecule has 0 aromatic carbocycles. The molecule has 0 saturated heterocycles. The Labute approximate surface area is 58.0 Å². The summed E-state index contributed by atoms with van der Waals surface area (Å²) >= 11 is 0. The van der Waals surface area contributed by atoms with E-state index in [-0.39, 0.29) is 0 Å². The lowest BCUT2D eigenvalue weighted by molar-refractivity contribution is -0.131. The molecule has 0 amide bonds. The molecule has 0 unspecified atom stereocenters. The summed E-state index contributed by atoms with van der Waals surface area (Å²) in [5, 5.41) is 8.22. The van der Waals surface area contributed by atoms with Crippen LogP contribution in [0.3, 0.4) is 0 Å². The van der Waals surface area contributed by atoms with Gasteiger partial charge in [0, 0.05) is 18.5 Å². The molecule has 2 N–H and O–H groups in total. The van der Waals surface area contributed by atoms with Crippen molar-refractivity contribution >= 4 is 12.0 Å². The molecule has 1 rings (SSSR count). The molecule has 0 aliphatic rings. The number of aliphatic carboxylic acids is 1. The fraction of sp³-hybridized carbons (Fsp3) is 0. The van der Waals surface area contributed by atoms with Crippen LogP contribution in [0.5, 0.6) is 0 Å². The van der Waals surface area contributed by atoms with E-state index in [4.69, 9.17) is 5.11 Å². The molecule has 0 radical (unpaired) electrons. The zero-order chi connectivity index (χ0) is 7.40. The van der Waals surface area contributed by atoms with Gasteiger partial charge in [0.05, 0.1) is 0 Å². The van der Waals surface area contributed by atoms with Gasteiger partial charge in [0.1, 0.15) is 0 Å². The van der Waals surface area contributed by atoms with Gasteiger partial charge in [0.25, 0.3) is 0 Å². The predicted octanol–water partition coefficient (Wildman–Crippen LogP) is 1.11. The van der Waals surface area contributed by atoms with Crippen LogP contribution in [0.25, 0.3) is 6.08 Å². The van der Waals surface area contributed by atoms with Crippen molar-refractivity contribution in [2.45, 2.75) is 0 Å². The van der Waals surface area contributed by atoms with Crippen LogP contribution in [0.4, 0.5) is 0 Å². The number of rotatable bonds is 2. The van der Waals surface area contributed by atoms with Crippen molar-refractivity contribution in [3.05, 3.63) is 30.1 Å². The van der Waals surface area contributed by atoms with Crippen LogP contribution in [0.15, 0.2) is 24.5 Å². The van der Waals surface area contributed by atoms with E-state index in [9.17, 15) is 4.79 Å². The molecular weight excluding hydrogens is 130 g/mol. The monoisotopic (exact) mass is 137 g/mol. The summed E-state index contributed by atoms with van der Waals surface area (Å²) in [6.45, 7) is 0. The van der Waals surface area contributed by atoms with E-state index in [1.54, 1.807) is 18.5 Å². The van der Waals surface area contributed by atoms with Crippen LogP contribution >= 0.6 is 0 Å². The SMILES string of the molecule is O=C(O)C=Cc1cc[nH]c1. The highest BCUT2D eigenvalue weighted by Gasteiger charge is 1.86. The second-order valence-corrected chi connectivity index (χ2v) is 1.82. The highest BCUT2D eigenvalue weighted by Crippen LogP contribution is 1.98. The highest BCUT2D eigenvalue weighted by atomic mass is 16.4. The summed E-state index contributed by atoms with van der Waals surface area (Å²) in [6.07, 6.45) is 6.09. The average Bonchev–Trinajstić information content (AvgIpc) is 2.34. The Morgan fingerprint density at radius 3 is 3.00 bits per heavy atom. The van der Waals surface area contributed by atoms with Gasteiger partial charge in [0.2, 0.25) is 0 Å². The second-order valence-electron chi connectivity index (χ2n) is 1.82. The molecule has 1 heterocycles. The summed E-state index contributed by atoms with van der Waals surface area (Å²) < 4.78 is 0. The third-order valence-electron chi connectivity index (χ3n) is 1.04. The molecule has 3 heteroatoms. The van der Waals surface area contributed by atoms with Crippen LogP contribution in [0.1, 0.15) is 5.56 Å². The van der Waals surface area contributed by atoms with Gasteiger partial charge in [0.15, 0.2) is 0 Å². The summed E-state index contributed by atoms with van der Waals surface area (Å²) in [5.74, 6) is -0.929. The Bertz CT molecular complexity index is 236. The molecule has 0 fully saturated rings. The lowest BCUT2D eigenvalue weighted by atomic mass is 10.3. The number of carboxylic acids is 1. The van der Waals surface area contributed by atoms with Crippen molar-refractivity contribution in [3.8, 4) is 0 Å². The Balaban J connectivity index is 2.64. The van der Waals surface area contributed by atoms with Crippen molar-refractivity contribution in [2.75, 3.05) is 0 Å². The maximum Gasteiger partial charge on any atom is 0.328 e. The zero-order valence-electron chi connectivity index (χ0n) is 5.24. The minimum absolute atomic E-state index is 0.863. The van der Waals surface area contributed by atoms with E-state index < -0.39 is 5.97 Å². The molecular formula is C7H7NO2. The van der Waals surface area contributed by atoms with Crippen molar-refractivity contribution in [3.63, 3.8) is 0 Å². The number of aromatic nitrogens is 1. The maximum atomic E-state index is 10.00. The third kappa shape index (κ3) is 1.78. The molecule has 1 aromatic rings. The summed E-state index contributed by atoms with van der Waals surface area (Å²) in [7, 11) is 0. The molecule has 1 aromatic heterocycles. The minimum atomic E-state index is -0.929. The van der Waals surface area contributed by atoms with E-state index in [1.165, 1.54) is 6.08 Å². The first-order chi connectivity index (χ1) is 4.79. The number of hydrogen-bond donors (Lipinski definition) is 2. The molecule has 0 aliphatic heterocycles. The van der Waals surface area contributed by atoms with E-state index >= 15 is 0 Å². The lowest BCUT2D eigenvalue weighted by Crippen LogP contribution is -1.84. The van der Waals surface area contributed by atoms with Crippen molar-refractivity contribution in [1.82, 2.24) is 4.98 Å². The van der Waals surface area contributed by atoms with Gasteiger partial charge in [-0.1, -0.05) is 0 Å². The first kappa shape index (κ1) is 6.61. The Hall–Kier alpha value is -1.51. The smallest absolute Gasteiger partial charge is 0.328 e. The predicted molar refractivity (Wildman–Crippen MR) is 37.5 cm³/mol. The summed E-state index contributed by atoms with van der Waals surface area (Å²) in [6, 6.07) is 1.79. The third-order valence-corrected chi connectivity index (χ3v) is 1.04. The largest absolute Gasteiger partial charge is 0.478 e. The Kier molecular flexibility index (Phi) is 1.89. The first-order valence-corrected chi connectivity index (χ1v) is 2.83. The lowest BCUT2D eigenvalue weighted by Gasteiger charge is -1.78. The number of carbonyl (C=O) groups is 1. The van der Waals surface area contributed by atoms with E-state index in [2.05, 4.69) is 4.98 Å². The number of H-pyrrole nitrogens is 1. The molecule has 0 atom stereocenters. The number of aromatic amines is 1. The fourth-order valence-corrected chi connectivity index (χ4v) is 0.608. The Morgan fingerprint density at radius 1 is 1.70 bits per heavy atom. The number of nitrogens with one attached hydrogen (secondary N) is 1. The van der Waals surface area contributed by atoms with E-state index in [0.29, 0.717) is 0 Å². The van der Waals surface area contributed by atoms with Crippen LogP contribution in [-0.2, 0) is 4.79 Å². The van der Waals surface area contributed by atoms with Crippen molar-refractivity contribution < 1.29 is 9.90 Å². The summed E-state index contributed by atoms with van der Waals surface area (Å²) in [5.41, 5.74) is 0.863. The minimum Gasteiger partial charge on any atom is -0.478 e. The highest BCUT2D eigenvalue weighted by molar-refractivity contribution is 5.85. The Morgan fingerprint density at radius 2 is 2.50 bits per heavy atom. The van der Waals surface area contributed by atoms with Crippen LogP contribution in [-0.4, -0.2) is 16.1 Å². The van der Waals surface area contributed by atoms with Crippen LogP contribution in [0, 0.1) is 0 Å². The standard InChI is InChI=1S/C7H7NO2/c9-7(10)2-1-6-3-4-8-5-6/h1-5,8H,(H,9,10). The topological polar surface area (TPSA) is 53.1 Å². The van der Waals surface area contributed by atoms with Gasteiger partial charge in [-0.25, -0.2) is 4.79 Å². The average molecular weight is 137 g/mol. The fourth-order valence-electron chi connectivity index (χ4n) is 0.608. The van der Waals surface area contributed by atoms with Gasteiger partial charge < -0.3 is 10.1 Å². The molecule has 0 spiro atoms. The molecule has 0 bridgehead atoms. The number of hydrogen-bond acceptors (Lipinski definition) is 1. The maximum absolute atomic E-state index is 10.00. The van der Waals surface area contributed by atoms with Crippen molar-refractivity contribution in [1.29, 1.82) is 0 Å². The molecule has 10 heavy (non-hydrogen) atoms. The quantitative estimate of drug-likeness (QED) is 0.600. The molecule has 52 valence electrons. The van der Waals surface area contributed by atoms with Gasteiger partial charge in [-0.3, -0.25) is 0 Å². The number of carboxylic acid groups (broad SMARTS) is 1. The van der Waals surface area contributed by atoms with Gasteiger partial charge in [-0.05, 0) is 17.7 Å². The first-order valence-electron chi connectivity index (χ1n) is 2.83. The summed E-state index contributed by atoms with van der Waals surface area (Å²) in [4.78, 5) is 12.8. The van der Waals surface area contributed by atoms with E-state index in [0.717, 1.165) is 11.6 Å². The zero-order valence-corrected chi connectivity index (χ0v) is 5.24. The van der Waals surface area contributed by atoms with Crippen LogP contribution in [0.2, 0.25) is 0 Å². The molecule has 3 nitrogen and oxygen atoms in total. The second kappa shape index (κ2) is 2.87. The van der Waals surface area contributed by atoms with Gasteiger partial charge in [-0.2, -0.15) is 0 Å².